The summed E-state index contributed by atoms with van der Waals surface area (Å²) in [6, 6.07) is 11.1. The van der Waals surface area contributed by atoms with Gasteiger partial charge < -0.3 is 9.64 Å². The van der Waals surface area contributed by atoms with Gasteiger partial charge in [0.2, 0.25) is 0 Å². The van der Waals surface area contributed by atoms with Crippen molar-refractivity contribution in [2.24, 2.45) is 0 Å². The first-order valence-electron chi connectivity index (χ1n) is 7.36. The highest BCUT2D eigenvalue weighted by atomic mass is 16.6. The molecule has 0 atom stereocenters. The SMILES string of the molecule is CCOC(=O)N1CCC(N(C)Cc2ccccc2)CC1. The van der Waals surface area contributed by atoms with E-state index in [0.717, 1.165) is 32.5 Å². The van der Waals surface area contributed by atoms with Crippen LogP contribution in [0.3, 0.4) is 0 Å². The lowest BCUT2D eigenvalue weighted by molar-refractivity contribution is 0.0794. The summed E-state index contributed by atoms with van der Waals surface area (Å²) in [5, 5.41) is 0. The second-order valence-electron chi connectivity index (χ2n) is 5.32. The molecule has 1 heterocycles. The molecular weight excluding hydrogens is 252 g/mol. The largest absolute Gasteiger partial charge is 0.450 e. The predicted octanol–water partition coefficient (Wildman–Crippen LogP) is 2.74. The van der Waals surface area contributed by atoms with Gasteiger partial charge in [-0.15, -0.1) is 0 Å². The van der Waals surface area contributed by atoms with Crippen molar-refractivity contribution < 1.29 is 9.53 Å². The van der Waals surface area contributed by atoms with Gasteiger partial charge in [-0.05, 0) is 32.4 Å². The van der Waals surface area contributed by atoms with Gasteiger partial charge in [0.05, 0.1) is 6.61 Å². The molecule has 0 unspecified atom stereocenters. The molecule has 110 valence electrons. The first kappa shape index (κ1) is 14.9. The lowest BCUT2D eigenvalue weighted by atomic mass is 10.0. The average Bonchev–Trinajstić information content (AvgIpc) is 2.48. The fraction of sp³-hybridized carbons (Fsp3) is 0.562. The third kappa shape index (κ3) is 3.97. The Balaban J connectivity index is 1.80. The van der Waals surface area contributed by atoms with Crippen molar-refractivity contribution in [1.29, 1.82) is 0 Å². The summed E-state index contributed by atoms with van der Waals surface area (Å²) in [6.45, 7) is 4.85. The first-order chi connectivity index (χ1) is 9.70. The molecule has 1 fully saturated rings. The number of hydrogen-bond acceptors (Lipinski definition) is 3. The Kier molecular flexibility index (Phi) is 5.41. The van der Waals surface area contributed by atoms with Gasteiger partial charge >= 0.3 is 6.09 Å². The minimum Gasteiger partial charge on any atom is -0.450 e. The minimum atomic E-state index is -0.170. The second-order valence-corrected chi connectivity index (χ2v) is 5.32. The van der Waals surface area contributed by atoms with Crippen molar-refractivity contribution in [2.75, 3.05) is 26.7 Å². The molecule has 1 aromatic rings. The average molecular weight is 276 g/mol. The molecule has 0 radical (unpaired) electrons. The molecule has 0 saturated carbocycles. The highest BCUT2D eigenvalue weighted by Gasteiger charge is 2.25. The van der Waals surface area contributed by atoms with Crippen LogP contribution < -0.4 is 0 Å². The minimum absolute atomic E-state index is 0.170. The molecule has 0 aliphatic carbocycles. The summed E-state index contributed by atoms with van der Waals surface area (Å²) < 4.78 is 5.05. The Bertz CT molecular complexity index is 414. The number of carbonyl (C=O) groups excluding carboxylic acids is 1. The van der Waals surface area contributed by atoms with E-state index in [0.29, 0.717) is 12.6 Å². The maximum atomic E-state index is 11.7. The van der Waals surface area contributed by atoms with Crippen LogP contribution in [0.4, 0.5) is 4.79 Å². The van der Waals surface area contributed by atoms with Gasteiger partial charge in [0, 0.05) is 25.7 Å². The zero-order valence-electron chi connectivity index (χ0n) is 12.4. The third-order valence-corrected chi connectivity index (χ3v) is 3.89. The molecule has 1 saturated heterocycles. The van der Waals surface area contributed by atoms with Gasteiger partial charge in [-0.25, -0.2) is 4.79 Å². The van der Waals surface area contributed by atoms with E-state index in [9.17, 15) is 4.79 Å². The van der Waals surface area contributed by atoms with Crippen LogP contribution in [-0.4, -0.2) is 48.7 Å². The van der Waals surface area contributed by atoms with E-state index < -0.39 is 0 Å². The van der Waals surface area contributed by atoms with Gasteiger partial charge in [-0.2, -0.15) is 0 Å². The quantitative estimate of drug-likeness (QED) is 0.847. The Hall–Kier alpha value is -1.55. The van der Waals surface area contributed by atoms with Gasteiger partial charge in [0.25, 0.3) is 0 Å². The summed E-state index contributed by atoms with van der Waals surface area (Å²) in [4.78, 5) is 15.9. The van der Waals surface area contributed by atoms with E-state index in [-0.39, 0.29) is 6.09 Å². The number of likely N-dealkylation sites (tertiary alicyclic amines) is 1. The van der Waals surface area contributed by atoms with E-state index >= 15 is 0 Å². The Morgan fingerprint density at radius 2 is 1.95 bits per heavy atom. The number of ether oxygens (including phenoxy) is 1. The third-order valence-electron chi connectivity index (χ3n) is 3.89. The number of rotatable bonds is 4. The van der Waals surface area contributed by atoms with Crippen LogP contribution in [0.1, 0.15) is 25.3 Å². The van der Waals surface area contributed by atoms with E-state index in [1.165, 1.54) is 5.56 Å². The maximum absolute atomic E-state index is 11.7. The van der Waals surface area contributed by atoms with Crippen molar-refractivity contribution in [3.05, 3.63) is 35.9 Å². The molecule has 4 nitrogen and oxygen atoms in total. The molecule has 4 heteroatoms. The van der Waals surface area contributed by atoms with E-state index in [1.807, 2.05) is 17.9 Å². The summed E-state index contributed by atoms with van der Waals surface area (Å²) in [6.07, 6.45) is 1.86. The zero-order chi connectivity index (χ0) is 14.4. The fourth-order valence-corrected chi connectivity index (χ4v) is 2.70. The van der Waals surface area contributed by atoms with Crippen molar-refractivity contribution in [3.63, 3.8) is 0 Å². The molecule has 1 aliphatic heterocycles. The van der Waals surface area contributed by atoms with Crippen molar-refractivity contribution in [1.82, 2.24) is 9.80 Å². The molecule has 20 heavy (non-hydrogen) atoms. The lowest BCUT2D eigenvalue weighted by Crippen LogP contribution is -2.45. The number of amides is 1. The normalized spacial score (nSPS) is 16.4. The molecule has 1 aromatic carbocycles. The fourth-order valence-electron chi connectivity index (χ4n) is 2.70. The lowest BCUT2D eigenvalue weighted by Gasteiger charge is -2.36. The molecule has 0 bridgehead atoms. The highest BCUT2D eigenvalue weighted by Crippen LogP contribution is 2.18. The molecule has 0 aromatic heterocycles. The van der Waals surface area contributed by atoms with Gasteiger partial charge in [-0.3, -0.25) is 4.90 Å². The maximum Gasteiger partial charge on any atom is 0.409 e. The summed E-state index contributed by atoms with van der Waals surface area (Å²) in [7, 11) is 2.16. The standard InChI is InChI=1S/C16H24N2O2/c1-3-20-16(19)18-11-9-15(10-12-18)17(2)13-14-7-5-4-6-8-14/h4-8,15H,3,9-13H2,1-2H3. The summed E-state index contributed by atoms with van der Waals surface area (Å²) in [5.41, 5.74) is 1.34. The molecule has 2 rings (SSSR count). The Morgan fingerprint density at radius 1 is 1.30 bits per heavy atom. The monoisotopic (exact) mass is 276 g/mol. The second kappa shape index (κ2) is 7.29. The number of hydrogen-bond donors (Lipinski definition) is 0. The van der Waals surface area contributed by atoms with E-state index in [1.54, 1.807) is 0 Å². The molecule has 1 amide bonds. The van der Waals surface area contributed by atoms with E-state index in [2.05, 4.69) is 36.2 Å². The Labute approximate surface area is 121 Å². The van der Waals surface area contributed by atoms with Crippen LogP contribution in [0.25, 0.3) is 0 Å². The molecule has 0 spiro atoms. The van der Waals surface area contributed by atoms with Crippen LogP contribution in [0.15, 0.2) is 30.3 Å². The van der Waals surface area contributed by atoms with Crippen LogP contribution in [0, 0.1) is 0 Å². The molecule has 1 aliphatic rings. The number of carbonyl (C=O) groups is 1. The van der Waals surface area contributed by atoms with Crippen LogP contribution in [0.2, 0.25) is 0 Å². The topological polar surface area (TPSA) is 32.8 Å². The van der Waals surface area contributed by atoms with Crippen molar-refractivity contribution >= 4 is 6.09 Å². The van der Waals surface area contributed by atoms with Gasteiger partial charge in [0.1, 0.15) is 0 Å². The van der Waals surface area contributed by atoms with Crippen LogP contribution >= 0.6 is 0 Å². The molecular formula is C16H24N2O2. The number of piperidine rings is 1. The predicted molar refractivity (Wildman–Crippen MR) is 79.5 cm³/mol. The highest BCUT2D eigenvalue weighted by molar-refractivity contribution is 5.67. The van der Waals surface area contributed by atoms with E-state index in [4.69, 9.17) is 4.74 Å². The van der Waals surface area contributed by atoms with Crippen LogP contribution in [0.5, 0.6) is 0 Å². The van der Waals surface area contributed by atoms with Crippen molar-refractivity contribution in [3.8, 4) is 0 Å². The number of nitrogens with zero attached hydrogens (tertiary/aromatic N) is 2. The van der Waals surface area contributed by atoms with Crippen LogP contribution in [-0.2, 0) is 11.3 Å². The summed E-state index contributed by atoms with van der Waals surface area (Å²) >= 11 is 0. The van der Waals surface area contributed by atoms with Gasteiger partial charge in [0.15, 0.2) is 0 Å². The zero-order valence-corrected chi connectivity index (χ0v) is 12.4. The Morgan fingerprint density at radius 3 is 2.55 bits per heavy atom. The first-order valence-corrected chi connectivity index (χ1v) is 7.36. The summed E-state index contributed by atoms with van der Waals surface area (Å²) in [5.74, 6) is 0. The molecule has 0 N–H and O–H groups in total. The smallest absolute Gasteiger partial charge is 0.409 e. The number of benzene rings is 1. The van der Waals surface area contributed by atoms with Gasteiger partial charge in [-0.1, -0.05) is 30.3 Å². The van der Waals surface area contributed by atoms with Crippen molar-refractivity contribution in [2.45, 2.75) is 32.4 Å².